The van der Waals surface area contributed by atoms with Crippen molar-refractivity contribution in [1.29, 1.82) is 5.26 Å². The minimum absolute atomic E-state index is 0.274. The van der Waals surface area contributed by atoms with Gasteiger partial charge in [0.25, 0.3) is 0 Å². The van der Waals surface area contributed by atoms with Crippen molar-refractivity contribution < 1.29 is 5.11 Å². The van der Waals surface area contributed by atoms with E-state index in [1.165, 1.54) is 6.42 Å². The highest BCUT2D eigenvalue weighted by Crippen LogP contribution is 2.32. The Kier molecular flexibility index (Phi) is 4.62. The Morgan fingerprint density at radius 2 is 2.17 bits per heavy atom. The molecule has 0 amide bonds. The van der Waals surface area contributed by atoms with Gasteiger partial charge in [0.2, 0.25) is 0 Å². The van der Waals surface area contributed by atoms with Crippen LogP contribution in [0.15, 0.2) is 22.7 Å². The highest BCUT2D eigenvalue weighted by Gasteiger charge is 2.26. The molecule has 0 bridgehead atoms. The second kappa shape index (κ2) is 6.21. The number of nitrogens with zero attached hydrogens (tertiary/aromatic N) is 1. The van der Waals surface area contributed by atoms with E-state index >= 15 is 0 Å². The van der Waals surface area contributed by atoms with Crippen molar-refractivity contribution in [2.45, 2.75) is 19.3 Å². The smallest absolute Gasteiger partial charge is 0.101 e. The highest BCUT2D eigenvalue weighted by atomic mass is 79.9. The van der Waals surface area contributed by atoms with Crippen molar-refractivity contribution in [2.24, 2.45) is 11.8 Å². The molecule has 1 aliphatic carbocycles. The number of benzene rings is 1. The molecular weight excluding hydrogens is 292 g/mol. The Bertz CT molecular complexity index is 456. The van der Waals surface area contributed by atoms with Crippen molar-refractivity contribution in [3.05, 3.63) is 28.2 Å². The molecule has 3 nitrogen and oxygen atoms in total. The summed E-state index contributed by atoms with van der Waals surface area (Å²) in [5, 5.41) is 21.7. The van der Waals surface area contributed by atoms with E-state index in [-0.39, 0.29) is 6.61 Å². The molecule has 0 aliphatic heterocycles. The number of nitrogens with one attached hydrogen (secondary N) is 1. The molecule has 2 rings (SSSR count). The molecule has 2 atom stereocenters. The van der Waals surface area contributed by atoms with Crippen LogP contribution < -0.4 is 5.32 Å². The summed E-state index contributed by atoms with van der Waals surface area (Å²) in [6.07, 6.45) is 3.47. The normalized spacial score (nSPS) is 22.7. The fourth-order valence-corrected chi connectivity index (χ4v) is 2.99. The first-order valence-corrected chi connectivity index (χ1v) is 7.08. The maximum absolute atomic E-state index is 9.29. The van der Waals surface area contributed by atoms with E-state index in [9.17, 15) is 5.11 Å². The van der Waals surface area contributed by atoms with Crippen LogP contribution in [0.3, 0.4) is 0 Å². The van der Waals surface area contributed by atoms with Crippen LogP contribution in [-0.4, -0.2) is 18.3 Å². The van der Waals surface area contributed by atoms with E-state index in [0.717, 1.165) is 29.5 Å². The number of nitriles is 1. The number of aliphatic hydroxyl groups is 1. The fraction of sp³-hybridized carbons (Fsp3) is 0.500. The molecule has 2 unspecified atom stereocenters. The third-order valence-corrected chi connectivity index (χ3v) is 4.20. The zero-order chi connectivity index (χ0) is 13.0. The second-order valence-corrected chi connectivity index (χ2v) is 5.73. The summed E-state index contributed by atoms with van der Waals surface area (Å²) in [5.41, 5.74) is 1.53. The first-order chi connectivity index (χ1) is 8.74. The molecule has 96 valence electrons. The van der Waals surface area contributed by atoms with Crippen LogP contribution in [0.2, 0.25) is 0 Å². The molecule has 0 radical (unpaired) electrons. The predicted molar refractivity (Wildman–Crippen MR) is 75.3 cm³/mol. The van der Waals surface area contributed by atoms with Crippen LogP contribution in [0.1, 0.15) is 24.8 Å². The van der Waals surface area contributed by atoms with E-state index in [1.54, 1.807) is 0 Å². The average molecular weight is 309 g/mol. The van der Waals surface area contributed by atoms with Crippen LogP contribution in [-0.2, 0) is 0 Å². The fourth-order valence-electron chi connectivity index (χ4n) is 2.62. The molecule has 4 heteroatoms. The molecule has 0 spiro atoms. The maximum atomic E-state index is 9.29. The summed E-state index contributed by atoms with van der Waals surface area (Å²) >= 11 is 3.42. The predicted octanol–water partition coefficient (Wildman–Crippen LogP) is 3.14. The first kappa shape index (κ1) is 13.4. The second-order valence-electron chi connectivity index (χ2n) is 4.82. The first-order valence-electron chi connectivity index (χ1n) is 6.29. The lowest BCUT2D eigenvalue weighted by Crippen LogP contribution is -2.21. The summed E-state index contributed by atoms with van der Waals surface area (Å²) in [7, 11) is 0. The van der Waals surface area contributed by atoms with Crippen molar-refractivity contribution >= 4 is 21.6 Å². The van der Waals surface area contributed by atoms with Gasteiger partial charge in [0.15, 0.2) is 0 Å². The molecule has 18 heavy (non-hydrogen) atoms. The summed E-state index contributed by atoms with van der Waals surface area (Å²) in [6, 6.07) is 7.80. The molecule has 1 saturated carbocycles. The SMILES string of the molecule is N#Cc1ccc(Br)cc1NCC1CCCC1CO. The van der Waals surface area contributed by atoms with Gasteiger partial charge in [-0.3, -0.25) is 0 Å². The largest absolute Gasteiger partial charge is 0.396 e. The van der Waals surface area contributed by atoms with Crippen LogP contribution >= 0.6 is 15.9 Å². The Labute approximate surface area is 116 Å². The highest BCUT2D eigenvalue weighted by molar-refractivity contribution is 9.10. The maximum Gasteiger partial charge on any atom is 0.101 e. The molecule has 0 saturated heterocycles. The minimum atomic E-state index is 0.274. The van der Waals surface area contributed by atoms with Gasteiger partial charge in [-0.25, -0.2) is 0 Å². The number of aliphatic hydroxyl groups excluding tert-OH is 1. The third kappa shape index (κ3) is 3.04. The van der Waals surface area contributed by atoms with E-state index in [2.05, 4.69) is 27.3 Å². The van der Waals surface area contributed by atoms with Gasteiger partial charge in [-0.15, -0.1) is 0 Å². The molecule has 1 aromatic rings. The monoisotopic (exact) mass is 308 g/mol. The third-order valence-electron chi connectivity index (χ3n) is 3.71. The molecule has 0 heterocycles. The van der Waals surface area contributed by atoms with Gasteiger partial charge < -0.3 is 10.4 Å². The van der Waals surface area contributed by atoms with E-state index in [0.29, 0.717) is 17.4 Å². The molecular formula is C14H17BrN2O. The number of hydrogen-bond donors (Lipinski definition) is 2. The zero-order valence-corrected chi connectivity index (χ0v) is 11.8. The standard InChI is InChI=1S/C14H17BrN2O/c15-13-5-4-10(7-16)14(6-13)17-8-11-2-1-3-12(11)9-18/h4-6,11-12,17-18H,1-3,8-9H2. The van der Waals surface area contributed by atoms with Gasteiger partial charge >= 0.3 is 0 Å². The molecule has 1 aromatic carbocycles. The number of halogens is 1. The number of hydrogen-bond acceptors (Lipinski definition) is 3. The lowest BCUT2D eigenvalue weighted by molar-refractivity contribution is 0.199. The van der Waals surface area contributed by atoms with E-state index in [4.69, 9.17) is 5.26 Å². The van der Waals surface area contributed by atoms with Gasteiger partial charge in [-0.1, -0.05) is 22.4 Å². The van der Waals surface area contributed by atoms with Gasteiger partial charge in [0.1, 0.15) is 6.07 Å². The summed E-state index contributed by atoms with van der Waals surface area (Å²) in [4.78, 5) is 0. The molecule has 2 N–H and O–H groups in total. The minimum Gasteiger partial charge on any atom is -0.396 e. The van der Waals surface area contributed by atoms with Crippen LogP contribution in [0, 0.1) is 23.2 Å². The Hall–Kier alpha value is -1.05. The summed E-state index contributed by atoms with van der Waals surface area (Å²) in [6.45, 7) is 1.10. The average Bonchev–Trinajstić information content (AvgIpc) is 2.84. The van der Waals surface area contributed by atoms with Gasteiger partial charge in [0.05, 0.1) is 11.3 Å². The Morgan fingerprint density at radius 1 is 1.39 bits per heavy atom. The molecule has 1 fully saturated rings. The van der Waals surface area contributed by atoms with Crippen molar-refractivity contribution in [3.63, 3.8) is 0 Å². The lowest BCUT2D eigenvalue weighted by Gasteiger charge is -2.19. The Balaban J connectivity index is 2.02. The summed E-state index contributed by atoms with van der Waals surface area (Å²) < 4.78 is 0.967. The molecule has 1 aliphatic rings. The molecule has 0 aromatic heterocycles. The summed E-state index contributed by atoms with van der Waals surface area (Å²) in [5.74, 6) is 0.927. The van der Waals surface area contributed by atoms with Crippen molar-refractivity contribution in [3.8, 4) is 6.07 Å². The van der Waals surface area contributed by atoms with Gasteiger partial charge in [0, 0.05) is 17.6 Å². The van der Waals surface area contributed by atoms with Crippen molar-refractivity contribution in [2.75, 3.05) is 18.5 Å². The number of rotatable bonds is 4. The van der Waals surface area contributed by atoms with Crippen LogP contribution in [0.4, 0.5) is 5.69 Å². The Morgan fingerprint density at radius 3 is 2.89 bits per heavy atom. The topological polar surface area (TPSA) is 56.0 Å². The lowest BCUT2D eigenvalue weighted by atomic mass is 9.97. The van der Waals surface area contributed by atoms with Gasteiger partial charge in [-0.05, 0) is 42.9 Å². The van der Waals surface area contributed by atoms with Crippen LogP contribution in [0.25, 0.3) is 0 Å². The zero-order valence-electron chi connectivity index (χ0n) is 10.2. The number of anilines is 1. The van der Waals surface area contributed by atoms with Gasteiger partial charge in [-0.2, -0.15) is 5.26 Å². The van der Waals surface area contributed by atoms with E-state index < -0.39 is 0 Å². The van der Waals surface area contributed by atoms with Crippen LogP contribution in [0.5, 0.6) is 0 Å². The van der Waals surface area contributed by atoms with Crippen molar-refractivity contribution in [1.82, 2.24) is 0 Å². The quantitative estimate of drug-likeness (QED) is 0.898. The van der Waals surface area contributed by atoms with E-state index in [1.807, 2.05) is 18.2 Å².